The molecule has 0 unspecified atom stereocenters. The van der Waals surface area contributed by atoms with Gasteiger partial charge < -0.3 is 9.84 Å². The van der Waals surface area contributed by atoms with Gasteiger partial charge in [-0.1, -0.05) is 24.3 Å². The maximum Gasteiger partial charge on any atom is 0.573 e. The maximum atomic E-state index is 12.8. The molecule has 0 aromatic heterocycles. The Kier molecular flexibility index (Phi) is 5.45. The molecule has 0 atom stereocenters. The molecule has 0 saturated carbocycles. The maximum absolute atomic E-state index is 12.8. The van der Waals surface area contributed by atoms with Crippen LogP contribution < -0.4 is 9.64 Å². The van der Waals surface area contributed by atoms with Crippen molar-refractivity contribution in [2.45, 2.75) is 6.36 Å². The number of hydrogen-bond donors (Lipinski definition) is 1. The number of amides is 3. The number of halogens is 3. The van der Waals surface area contributed by atoms with Gasteiger partial charge in [0, 0.05) is 0 Å². The first-order valence-electron chi connectivity index (χ1n) is 8.40. The highest BCUT2D eigenvalue weighted by Gasteiger charge is 2.38. The van der Waals surface area contributed by atoms with Gasteiger partial charge in [-0.3, -0.25) is 29.0 Å². The predicted octanol–water partition coefficient (Wildman–Crippen LogP) is 2.30. The summed E-state index contributed by atoms with van der Waals surface area (Å²) in [6.45, 7) is -1.87. The summed E-state index contributed by atoms with van der Waals surface area (Å²) in [5.41, 5.74) is -0.333. The lowest BCUT2D eigenvalue weighted by Crippen LogP contribution is -2.45. The Balaban J connectivity index is 1.91. The van der Waals surface area contributed by atoms with Crippen molar-refractivity contribution < 1.29 is 42.2 Å². The van der Waals surface area contributed by atoms with Gasteiger partial charge in [-0.05, 0) is 24.3 Å². The van der Waals surface area contributed by atoms with Crippen LogP contribution in [0.25, 0.3) is 0 Å². The van der Waals surface area contributed by atoms with E-state index < -0.39 is 54.6 Å². The zero-order valence-electron chi connectivity index (χ0n) is 15.0. The number of imide groups is 1. The van der Waals surface area contributed by atoms with Crippen LogP contribution >= 0.6 is 0 Å². The third-order valence-corrected chi connectivity index (χ3v) is 4.15. The molecule has 0 radical (unpaired) electrons. The average molecular weight is 422 g/mol. The number of anilines is 1. The van der Waals surface area contributed by atoms with E-state index in [-0.39, 0.29) is 11.1 Å². The molecule has 0 spiro atoms. The summed E-state index contributed by atoms with van der Waals surface area (Å²) in [5.74, 6) is -4.93. The number of hydrogen-bond acceptors (Lipinski definition) is 5. The van der Waals surface area contributed by atoms with Crippen LogP contribution in [0, 0.1) is 0 Å². The van der Waals surface area contributed by atoms with E-state index in [1.807, 2.05) is 0 Å². The fraction of sp³-hybridized carbons (Fsp3) is 0.158. The van der Waals surface area contributed by atoms with Crippen molar-refractivity contribution in [3.8, 4) is 5.75 Å². The standard InChI is InChI=1S/C19H13F3N2O6/c20-19(21,22)30-14-8-4-3-7-13(14)23(10-16(26)27)15(25)9-24-17(28)11-5-1-2-6-12(11)18(24)29/h1-8H,9-10H2,(H,26,27). The monoisotopic (exact) mass is 422 g/mol. The number of ether oxygens (including phenoxy) is 1. The van der Waals surface area contributed by atoms with Crippen molar-refractivity contribution in [2.75, 3.05) is 18.0 Å². The molecule has 3 rings (SSSR count). The highest BCUT2D eigenvalue weighted by molar-refractivity contribution is 6.22. The summed E-state index contributed by atoms with van der Waals surface area (Å²) < 4.78 is 41.9. The molecule has 2 aromatic carbocycles. The molecular formula is C19H13F3N2O6. The Bertz CT molecular complexity index is 1000. The second-order valence-corrected chi connectivity index (χ2v) is 6.13. The third-order valence-electron chi connectivity index (χ3n) is 4.15. The summed E-state index contributed by atoms with van der Waals surface area (Å²) in [7, 11) is 0. The molecule has 0 bridgehead atoms. The quantitative estimate of drug-likeness (QED) is 0.717. The minimum absolute atomic E-state index is 0.0703. The number of carbonyl (C=O) groups is 4. The van der Waals surface area contributed by atoms with E-state index in [1.54, 1.807) is 0 Å². The van der Waals surface area contributed by atoms with Gasteiger partial charge in [0.05, 0.1) is 16.8 Å². The minimum Gasteiger partial charge on any atom is -0.480 e. The van der Waals surface area contributed by atoms with Crippen molar-refractivity contribution in [3.05, 3.63) is 59.7 Å². The van der Waals surface area contributed by atoms with Crippen molar-refractivity contribution in [3.63, 3.8) is 0 Å². The van der Waals surface area contributed by atoms with Gasteiger partial charge in [-0.2, -0.15) is 0 Å². The van der Waals surface area contributed by atoms with Crippen molar-refractivity contribution in [1.82, 2.24) is 4.90 Å². The van der Waals surface area contributed by atoms with E-state index in [1.165, 1.54) is 36.4 Å². The zero-order valence-corrected chi connectivity index (χ0v) is 15.0. The summed E-state index contributed by atoms with van der Waals surface area (Å²) in [6, 6.07) is 10.3. The van der Waals surface area contributed by atoms with Gasteiger partial charge in [0.1, 0.15) is 13.1 Å². The summed E-state index contributed by atoms with van der Waals surface area (Å²) in [5, 5.41) is 9.12. The number of alkyl halides is 3. The van der Waals surface area contributed by atoms with Gasteiger partial charge in [0.2, 0.25) is 5.91 Å². The van der Waals surface area contributed by atoms with Gasteiger partial charge in [0.25, 0.3) is 11.8 Å². The smallest absolute Gasteiger partial charge is 0.480 e. The SMILES string of the molecule is O=C(O)CN(C(=O)CN1C(=O)c2ccccc2C1=O)c1ccccc1OC(F)(F)F. The Hall–Kier alpha value is -3.89. The molecule has 1 heterocycles. The van der Waals surface area contributed by atoms with Crippen molar-refractivity contribution >= 4 is 29.4 Å². The molecule has 0 aliphatic carbocycles. The van der Waals surface area contributed by atoms with Crippen LogP contribution in [0.15, 0.2) is 48.5 Å². The van der Waals surface area contributed by atoms with Gasteiger partial charge in [-0.15, -0.1) is 13.2 Å². The molecule has 156 valence electrons. The lowest BCUT2D eigenvalue weighted by Gasteiger charge is -2.25. The fourth-order valence-corrected chi connectivity index (χ4v) is 2.94. The first-order chi connectivity index (χ1) is 14.1. The van der Waals surface area contributed by atoms with E-state index in [9.17, 15) is 32.3 Å². The third kappa shape index (κ3) is 4.24. The molecule has 8 nitrogen and oxygen atoms in total. The van der Waals surface area contributed by atoms with Crippen LogP contribution in [0.1, 0.15) is 20.7 Å². The lowest BCUT2D eigenvalue weighted by molar-refractivity contribution is -0.274. The first kappa shape index (κ1) is 20.8. The van der Waals surface area contributed by atoms with Crippen LogP contribution in [0.5, 0.6) is 5.75 Å². The van der Waals surface area contributed by atoms with Gasteiger partial charge >= 0.3 is 12.3 Å². The Morgan fingerprint density at radius 2 is 1.50 bits per heavy atom. The topological polar surface area (TPSA) is 104 Å². The number of benzene rings is 2. The number of aliphatic carboxylic acids is 1. The Morgan fingerprint density at radius 1 is 0.967 bits per heavy atom. The average Bonchev–Trinajstić information content (AvgIpc) is 2.90. The van der Waals surface area contributed by atoms with Crippen molar-refractivity contribution in [2.24, 2.45) is 0 Å². The normalized spacial score (nSPS) is 13.2. The largest absolute Gasteiger partial charge is 0.573 e. The predicted molar refractivity (Wildman–Crippen MR) is 94.9 cm³/mol. The number of fused-ring (bicyclic) bond motifs is 1. The number of carbonyl (C=O) groups excluding carboxylic acids is 3. The fourth-order valence-electron chi connectivity index (χ4n) is 2.94. The van der Waals surface area contributed by atoms with E-state index >= 15 is 0 Å². The van der Waals surface area contributed by atoms with Crippen LogP contribution in [0.4, 0.5) is 18.9 Å². The molecular weight excluding hydrogens is 409 g/mol. The minimum atomic E-state index is -5.09. The molecule has 1 aliphatic rings. The molecule has 0 saturated heterocycles. The summed E-state index contributed by atoms with van der Waals surface area (Å²) >= 11 is 0. The lowest BCUT2D eigenvalue weighted by atomic mass is 10.1. The number of para-hydroxylation sites is 2. The second kappa shape index (κ2) is 7.85. The van der Waals surface area contributed by atoms with E-state index in [4.69, 9.17) is 5.11 Å². The van der Waals surface area contributed by atoms with Crippen LogP contribution in [-0.2, 0) is 9.59 Å². The summed E-state index contributed by atoms with van der Waals surface area (Å²) in [4.78, 5) is 50.0. The zero-order chi connectivity index (χ0) is 22.1. The number of rotatable bonds is 6. The Morgan fingerprint density at radius 3 is 2.03 bits per heavy atom. The van der Waals surface area contributed by atoms with Gasteiger partial charge in [0.15, 0.2) is 5.75 Å². The van der Waals surface area contributed by atoms with Gasteiger partial charge in [-0.25, -0.2) is 0 Å². The molecule has 30 heavy (non-hydrogen) atoms. The molecule has 1 N–H and O–H groups in total. The molecule has 3 amide bonds. The number of carboxylic acid groups (broad SMARTS) is 1. The van der Waals surface area contributed by atoms with Crippen LogP contribution in [0.2, 0.25) is 0 Å². The highest BCUT2D eigenvalue weighted by atomic mass is 19.4. The summed E-state index contributed by atoms with van der Waals surface area (Å²) in [6.07, 6.45) is -5.09. The molecule has 0 fully saturated rings. The van der Waals surface area contributed by atoms with Crippen LogP contribution in [-0.4, -0.2) is 53.1 Å². The van der Waals surface area contributed by atoms with E-state index in [2.05, 4.69) is 4.74 Å². The second-order valence-electron chi connectivity index (χ2n) is 6.13. The van der Waals surface area contributed by atoms with E-state index in [0.717, 1.165) is 12.1 Å². The number of nitrogens with zero attached hydrogens (tertiary/aromatic N) is 2. The van der Waals surface area contributed by atoms with Crippen LogP contribution in [0.3, 0.4) is 0 Å². The molecule has 11 heteroatoms. The first-order valence-corrected chi connectivity index (χ1v) is 8.40. The molecule has 1 aliphatic heterocycles. The number of carboxylic acids is 1. The molecule has 2 aromatic rings. The van der Waals surface area contributed by atoms with E-state index in [0.29, 0.717) is 9.80 Å². The highest BCUT2D eigenvalue weighted by Crippen LogP contribution is 2.33. The van der Waals surface area contributed by atoms with Crippen molar-refractivity contribution in [1.29, 1.82) is 0 Å². The Labute approximate surface area is 167 Å².